The number of aliphatic imine (C=N–C) groups is 2. The summed E-state index contributed by atoms with van der Waals surface area (Å²) >= 11 is 0. The number of carbonyl (C=O) groups is 2. The molecule has 0 saturated heterocycles. The van der Waals surface area contributed by atoms with E-state index in [0.717, 1.165) is 22.3 Å². The molecule has 46 heavy (non-hydrogen) atoms. The Labute approximate surface area is 268 Å². The number of hydrogen-bond donors (Lipinski definition) is 3. The Bertz CT molecular complexity index is 1490. The SMILES string of the molecule is C[C@@H](COc1cc2c(cc1N)C=NC2)NC(=O)OC(C)(C)C.C[C@@H](COc1cc2c(cc1[N+](=O)[O-])C=NC2)NC(=O)OC(C)(C)C. The van der Waals surface area contributed by atoms with E-state index in [1.165, 1.54) is 6.07 Å². The first-order valence-electron chi connectivity index (χ1n) is 14.9. The van der Waals surface area contributed by atoms with Gasteiger partial charge < -0.3 is 35.3 Å². The fourth-order valence-electron chi connectivity index (χ4n) is 4.20. The van der Waals surface area contributed by atoms with E-state index in [0.29, 0.717) is 31.1 Å². The monoisotopic (exact) mass is 640 g/mol. The molecule has 4 rings (SSSR count). The minimum Gasteiger partial charge on any atom is -0.489 e. The molecule has 250 valence electrons. The largest absolute Gasteiger partial charge is 0.489 e. The highest BCUT2D eigenvalue weighted by molar-refractivity contribution is 5.87. The maximum absolute atomic E-state index is 11.7. The van der Waals surface area contributed by atoms with Crippen LogP contribution in [0.1, 0.15) is 77.6 Å². The summed E-state index contributed by atoms with van der Waals surface area (Å²) in [6, 6.07) is 6.27. The van der Waals surface area contributed by atoms with Crippen molar-refractivity contribution in [2.45, 2.75) is 91.8 Å². The molecule has 0 aromatic heterocycles. The Morgan fingerprint density at radius 2 is 1.26 bits per heavy atom. The van der Waals surface area contributed by atoms with Crippen LogP contribution in [0.3, 0.4) is 0 Å². The number of benzene rings is 2. The number of nitrogens with two attached hydrogens (primary N) is 1. The number of nitrogens with one attached hydrogen (secondary N) is 2. The van der Waals surface area contributed by atoms with Crippen LogP contribution in [0, 0.1) is 10.1 Å². The molecular weight excluding hydrogens is 596 g/mol. The van der Waals surface area contributed by atoms with Gasteiger partial charge in [-0.05, 0) is 90.3 Å². The molecule has 0 aliphatic carbocycles. The van der Waals surface area contributed by atoms with Crippen LogP contribution in [-0.2, 0) is 22.6 Å². The molecule has 14 nitrogen and oxygen atoms in total. The van der Waals surface area contributed by atoms with Gasteiger partial charge in [0, 0.05) is 24.1 Å². The fraction of sp³-hybridized carbons (Fsp3) is 0.500. The standard InChI is InChI=1S/C16H21N3O5.C16H23N3O3/c1-10(18-15(20)24-16(2,3)4)9-23-14-6-12-8-17-7-11(12)5-13(14)19(21)22;1-10(19-15(20)22-16(2,3)4)9-21-14-6-12-8-18-7-11(12)5-13(14)17/h5-7,10H,8-9H2,1-4H3,(H,18,20);5-7,10H,8-9,17H2,1-4H3,(H,19,20)/t2*10-/m00/s1. The van der Waals surface area contributed by atoms with Crippen molar-refractivity contribution in [2.75, 3.05) is 18.9 Å². The van der Waals surface area contributed by atoms with Crippen LogP contribution in [0.25, 0.3) is 0 Å². The molecule has 4 N–H and O–H groups in total. The molecule has 2 atom stereocenters. The van der Waals surface area contributed by atoms with Gasteiger partial charge in [-0.15, -0.1) is 0 Å². The molecule has 14 heteroatoms. The summed E-state index contributed by atoms with van der Waals surface area (Å²) in [4.78, 5) is 42.3. The number of hydrogen-bond acceptors (Lipinski definition) is 11. The highest BCUT2D eigenvalue weighted by Crippen LogP contribution is 2.32. The maximum Gasteiger partial charge on any atom is 0.407 e. The summed E-state index contributed by atoms with van der Waals surface area (Å²) in [6.07, 6.45) is 2.40. The lowest BCUT2D eigenvalue weighted by molar-refractivity contribution is -0.385. The molecular formula is C32H44N6O8. The highest BCUT2D eigenvalue weighted by atomic mass is 16.6. The number of nitro groups is 1. The third-order valence-electron chi connectivity index (χ3n) is 6.18. The van der Waals surface area contributed by atoms with Gasteiger partial charge >= 0.3 is 17.9 Å². The Hall–Kier alpha value is -4.88. The van der Waals surface area contributed by atoms with Crippen LogP contribution in [0.2, 0.25) is 0 Å². The van der Waals surface area contributed by atoms with Crippen molar-refractivity contribution in [2.24, 2.45) is 9.98 Å². The van der Waals surface area contributed by atoms with Crippen molar-refractivity contribution in [3.63, 3.8) is 0 Å². The second-order valence-electron chi connectivity index (χ2n) is 13.0. The third-order valence-corrected chi connectivity index (χ3v) is 6.18. The molecule has 2 aromatic rings. The molecule has 2 aromatic carbocycles. The van der Waals surface area contributed by atoms with Crippen molar-refractivity contribution in [3.05, 3.63) is 56.6 Å². The van der Waals surface area contributed by atoms with Gasteiger partial charge in [-0.3, -0.25) is 20.1 Å². The molecule has 2 aliphatic heterocycles. The Morgan fingerprint density at radius 1 is 0.826 bits per heavy atom. The zero-order valence-corrected chi connectivity index (χ0v) is 27.6. The van der Waals surface area contributed by atoms with Crippen molar-refractivity contribution >= 4 is 36.0 Å². The van der Waals surface area contributed by atoms with Gasteiger partial charge in [-0.1, -0.05) is 0 Å². The van der Waals surface area contributed by atoms with Crippen molar-refractivity contribution in [1.82, 2.24) is 10.6 Å². The summed E-state index contributed by atoms with van der Waals surface area (Å²) in [6.45, 7) is 15.9. The van der Waals surface area contributed by atoms with E-state index in [4.69, 9.17) is 24.7 Å². The predicted octanol–water partition coefficient (Wildman–Crippen LogP) is 5.31. The summed E-state index contributed by atoms with van der Waals surface area (Å²) in [7, 11) is 0. The summed E-state index contributed by atoms with van der Waals surface area (Å²) in [5.74, 6) is 0.782. The van der Waals surface area contributed by atoms with Gasteiger partial charge in [0.25, 0.3) is 0 Å². The zero-order valence-electron chi connectivity index (χ0n) is 27.6. The van der Waals surface area contributed by atoms with Gasteiger partial charge in [-0.25, -0.2) is 9.59 Å². The van der Waals surface area contributed by atoms with Crippen LogP contribution in [0.5, 0.6) is 11.5 Å². The van der Waals surface area contributed by atoms with Crippen LogP contribution in [-0.4, -0.2) is 66.0 Å². The van der Waals surface area contributed by atoms with Crippen LogP contribution < -0.4 is 25.8 Å². The van der Waals surface area contributed by atoms with Crippen molar-refractivity contribution < 1.29 is 33.5 Å². The van der Waals surface area contributed by atoms with Gasteiger partial charge in [0.05, 0.1) is 35.8 Å². The number of anilines is 1. The highest BCUT2D eigenvalue weighted by Gasteiger charge is 2.23. The van der Waals surface area contributed by atoms with E-state index in [1.54, 1.807) is 40.0 Å². The molecule has 0 bridgehead atoms. The minimum atomic E-state index is -0.594. The average Bonchev–Trinajstić information content (AvgIpc) is 3.56. The van der Waals surface area contributed by atoms with E-state index >= 15 is 0 Å². The van der Waals surface area contributed by atoms with E-state index in [9.17, 15) is 19.7 Å². The third kappa shape index (κ3) is 11.2. The fourth-order valence-corrected chi connectivity index (χ4v) is 4.20. The van der Waals surface area contributed by atoms with Crippen LogP contribution >= 0.6 is 0 Å². The molecule has 2 heterocycles. The van der Waals surface area contributed by atoms with Gasteiger partial charge in [-0.2, -0.15) is 0 Å². The molecule has 0 unspecified atom stereocenters. The normalized spacial score (nSPS) is 14.2. The number of ether oxygens (including phenoxy) is 4. The second-order valence-corrected chi connectivity index (χ2v) is 13.0. The summed E-state index contributed by atoms with van der Waals surface area (Å²) in [5, 5.41) is 16.5. The lowest BCUT2D eigenvalue weighted by atomic mass is 10.1. The topological polar surface area (TPSA) is 189 Å². The van der Waals surface area contributed by atoms with Crippen molar-refractivity contribution in [1.29, 1.82) is 0 Å². The molecule has 0 spiro atoms. The van der Waals surface area contributed by atoms with Crippen molar-refractivity contribution in [3.8, 4) is 11.5 Å². The Balaban J connectivity index is 0.000000251. The van der Waals surface area contributed by atoms with E-state index in [1.807, 2.05) is 46.0 Å². The molecule has 0 radical (unpaired) electrons. The van der Waals surface area contributed by atoms with Crippen LogP contribution in [0.4, 0.5) is 21.0 Å². The lowest BCUT2D eigenvalue weighted by Crippen LogP contribution is -2.40. The molecule has 2 aliphatic rings. The lowest BCUT2D eigenvalue weighted by Gasteiger charge is -2.22. The zero-order chi connectivity index (χ0) is 34.2. The van der Waals surface area contributed by atoms with Gasteiger partial charge in [0.15, 0.2) is 5.75 Å². The number of carbonyl (C=O) groups excluding carboxylic acids is 2. The molecule has 2 amide bonds. The Kier molecular flexibility index (Phi) is 11.6. The summed E-state index contributed by atoms with van der Waals surface area (Å²) < 4.78 is 21.6. The number of nitrogens with zero attached hydrogens (tertiary/aromatic N) is 3. The number of rotatable bonds is 9. The molecule has 0 fully saturated rings. The number of fused-ring (bicyclic) bond motifs is 2. The quantitative estimate of drug-likeness (QED) is 0.185. The van der Waals surface area contributed by atoms with Gasteiger partial charge in [0.2, 0.25) is 0 Å². The van der Waals surface area contributed by atoms with Crippen LogP contribution in [0.15, 0.2) is 34.3 Å². The summed E-state index contributed by atoms with van der Waals surface area (Å²) in [5.41, 5.74) is 9.04. The van der Waals surface area contributed by atoms with E-state index < -0.39 is 28.3 Å². The first-order chi connectivity index (χ1) is 21.4. The number of nitro benzene ring substituents is 1. The number of amides is 2. The first kappa shape index (κ1) is 35.6. The number of nitrogen functional groups attached to an aromatic ring is 1. The Morgan fingerprint density at radius 3 is 1.72 bits per heavy atom. The smallest absolute Gasteiger partial charge is 0.407 e. The van der Waals surface area contributed by atoms with E-state index in [2.05, 4.69) is 20.6 Å². The van der Waals surface area contributed by atoms with Gasteiger partial charge in [0.1, 0.15) is 30.2 Å². The average molecular weight is 641 g/mol. The minimum absolute atomic E-state index is 0.0831. The van der Waals surface area contributed by atoms with E-state index in [-0.39, 0.29) is 30.1 Å². The number of alkyl carbamates (subject to hydrolysis) is 2. The predicted molar refractivity (Wildman–Crippen MR) is 175 cm³/mol. The molecule has 0 saturated carbocycles. The maximum atomic E-state index is 11.7. The second kappa shape index (κ2) is 14.9. The first-order valence-corrected chi connectivity index (χ1v) is 14.9.